The number of rotatable bonds is 6. The Labute approximate surface area is 213 Å². The van der Waals surface area contributed by atoms with Crippen molar-refractivity contribution in [3.05, 3.63) is 69.4 Å². The van der Waals surface area contributed by atoms with Gasteiger partial charge in [-0.15, -0.1) is 0 Å². The molecule has 2 aromatic carbocycles. The lowest BCUT2D eigenvalue weighted by molar-refractivity contribution is -0.122. The van der Waals surface area contributed by atoms with Crippen molar-refractivity contribution >= 4 is 34.8 Å². The van der Waals surface area contributed by atoms with Crippen molar-refractivity contribution in [3.8, 4) is 11.5 Å². The Morgan fingerprint density at radius 3 is 2.53 bits per heavy atom. The van der Waals surface area contributed by atoms with Gasteiger partial charge in [0.15, 0.2) is 17.3 Å². The number of hydrogen-bond acceptors (Lipinski definition) is 6. The first-order valence-electron chi connectivity index (χ1n) is 12.1. The van der Waals surface area contributed by atoms with E-state index >= 15 is 0 Å². The Morgan fingerprint density at radius 1 is 1.06 bits per heavy atom. The van der Waals surface area contributed by atoms with Crippen LogP contribution in [0.4, 0.5) is 0 Å². The first-order chi connectivity index (χ1) is 17.4. The van der Waals surface area contributed by atoms with Crippen LogP contribution in [0.3, 0.4) is 0 Å². The molecule has 36 heavy (non-hydrogen) atoms. The van der Waals surface area contributed by atoms with Gasteiger partial charge in [0, 0.05) is 35.7 Å². The number of nitrogens with zero attached hydrogens (tertiary/aromatic N) is 1. The summed E-state index contributed by atoms with van der Waals surface area (Å²) < 4.78 is 11.6. The molecule has 5 rings (SSSR count). The normalized spacial score (nSPS) is 21.4. The van der Waals surface area contributed by atoms with Gasteiger partial charge in [-0.1, -0.05) is 23.7 Å². The highest BCUT2D eigenvalue weighted by atomic mass is 35.5. The van der Waals surface area contributed by atoms with E-state index in [1.807, 2.05) is 0 Å². The number of hydrogen-bond donors (Lipinski definition) is 1. The first kappa shape index (κ1) is 24.3. The number of aromatic carboxylic acids is 1. The van der Waals surface area contributed by atoms with Crippen molar-refractivity contribution in [2.24, 2.45) is 10.9 Å². The van der Waals surface area contributed by atoms with E-state index in [0.717, 1.165) is 48.2 Å². The quantitative estimate of drug-likeness (QED) is 0.550. The number of carboxylic acids is 1. The van der Waals surface area contributed by atoms with Crippen LogP contribution in [0.15, 0.2) is 52.7 Å². The minimum Gasteiger partial charge on any atom is -0.493 e. The number of methoxy groups -OCH3 is 1. The molecular formula is C28H26ClNO6. The van der Waals surface area contributed by atoms with Gasteiger partial charge in [0.05, 0.1) is 23.6 Å². The Morgan fingerprint density at radius 2 is 1.81 bits per heavy atom. The fraction of sp³-hybridized carbons (Fsp3) is 0.357. The van der Waals surface area contributed by atoms with Gasteiger partial charge in [0.1, 0.15) is 12.4 Å². The average Bonchev–Trinajstić information content (AvgIpc) is 2.87. The lowest BCUT2D eigenvalue weighted by Crippen LogP contribution is -2.39. The van der Waals surface area contributed by atoms with Gasteiger partial charge in [-0.05, 0) is 61.1 Å². The molecule has 1 N–H and O–H groups in total. The van der Waals surface area contributed by atoms with Crippen LogP contribution in [0.1, 0.15) is 65.9 Å². The van der Waals surface area contributed by atoms with Crippen LogP contribution in [-0.2, 0) is 16.2 Å². The lowest BCUT2D eigenvalue weighted by Gasteiger charge is -2.38. The fourth-order valence-electron chi connectivity index (χ4n) is 5.42. The number of carbonyl (C=O) groups excluding carboxylic acids is 2. The molecule has 0 spiro atoms. The molecule has 1 heterocycles. The number of allylic oxidation sites excluding steroid dienone is 2. The highest BCUT2D eigenvalue weighted by Crippen LogP contribution is 2.48. The summed E-state index contributed by atoms with van der Waals surface area (Å²) in [6.45, 7) is 0.157. The Kier molecular flexibility index (Phi) is 6.67. The molecule has 0 bridgehead atoms. The maximum atomic E-state index is 13.1. The third-order valence-corrected chi connectivity index (χ3v) is 7.39. The topological polar surface area (TPSA) is 102 Å². The summed E-state index contributed by atoms with van der Waals surface area (Å²) >= 11 is 6.69. The molecule has 7 nitrogen and oxygen atoms in total. The van der Waals surface area contributed by atoms with Gasteiger partial charge >= 0.3 is 5.97 Å². The van der Waals surface area contributed by atoms with Gasteiger partial charge in [-0.2, -0.15) is 0 Å². The molecule has 0 saturated heterocycles. The number of Topliss-reactive ketones (excluding diaryl/α,β-unsaturated/α-hetero) is 2. The third-order valence-electron chi connectivity index (χ3n) is 7.11. The predicted molar refractivity (Wildman–Crippen MR) is 134 cm³/mol. The molecule has 8 heteroatoms. The predicted octanol–water partition coefficient (Wildman–Crippen LogP) is 5.54. The number of benzene rings is 2. The Balaban J connectivity index is 1.50. The minimum atomic E-state index is -0.996. The van der Waals surface area contributed by atoms with Crippen LogP contribution >= 0.6 is 11.6 Å². The molecule has 2 aromatic rings. The lowest BCUT2D eigenvalue weighted by atomic mass is 9.67. The van der Waals surface area contributed by atoms with Gasteiger partial charge in [0.2, 0.25) is 0 Å². The molecule has 1 unspecified atom stereocenters. The van der Waals surface area contributed by atoms with Gasteiger partial charge in [-0.25, -0.2) is 4.79 Å². The van der Waals surface area contributed by atoms with E-state index in [1.165, 1.54) is 19.2 Å². The largest absolute Gasteiger partial charge is 0.493 e. The number of fused-ring (bicyclic) bond motifs is 1. The van der Waals surface area contributed by atoms with Crippen molar-refractivity contribution < 1.29 is 29.0 Å². The summed E-state index contributed by atoms with van der Waals surface area (Å²) in [5.41, 5.74) is 4.01. The molecule has 1 saturated carbocycles. The molecule has 0 radical (unpaired) electrons. The van der Waals surface area contributed by atoms with E-state index < -0.39 is 17.8 Å². The smallest absolute Gasteiger partial charge is 0.335 e. The van der Waals surface area contributed by atoms with Crippen LogP contribution in [0.5, 0.6) is 11.5 Å². The summed E-state index contributed by atoms with van der Waals surface area (Å²) in [6.07, 6.45) is 3.96. The van der Waals surface area contributed by atoms with Crippen molar-refractivity contribution in [1.29, 1.82) is 0 Å². The summed E-state index contributed by atoms with van der Waals surface area (Å²) in [5, 5.41) is 9.39. The van der Waals surface area contributed by atoms with Gasteiger partial charge in [-0.3, -0.25) is 14.6 Å². The minimum absolute atomic E-state index is 0.0441. The molecule has 1 aliphatic heterocycles. The van der Waals surface area contributed by atoms with Crippen LogP contribution < -0.4 is 9.47 Å². The van der Waals surface area contributed by atoms with Crippen LogP contribution in [0, 0.1) is 5.92 Å². The molecule has 2 aliphatic carbocycles. The van der Waals surface area contributed by atoms with Gasteiger partial charge < -0.3 is 14.6 Å². The van der Waals surface area contributed by atoms with E-state index in [9.17, 15) is 14.4 Å². The summed E-state index contributed by atoms with van der Waals surface area (Å²) in [5.74, 6) is -0.994. The van der Waals surface area contributed by atoms with E-state index in [2.05, 4.69) is 0 Å². The van der Waals surface area contributed by atoms with Crippen LogP contribution in [-0.4, -0.2) is 35.5 Å². The number of ether oxygens (including phenoxy) is 2. The summed E-state index contributed by atoms with van der Waals surface area (Å²) in [4.78, 5) is 42.0. The highest BCUT2D eigenvalue weighted by molar-refractivity contribution is 6.32. The molecule has 3 aliphatic rings. The number of aliphatic imine (C=N–C) groups is 1. The maximum absolute atomic E-state index is 13.1. The van der Waals surface area contributed by atoms with Gasteiger partial charge in [0.25, 0.3) is 0 Å². The van der Waals surface area contributed by atoms with Crippen molar-refractivity contribution in [1.82, 2.24) is 0 Å². The first-order valence-corrected chi connectivity index (χ1v) is 12.4. The second-order valence-corrected chi connectivity index (χ2v) is 9.75. The molecule has 0 aromatic heterocycles. The van der Waals surface area contributed by atoms with E-state index in [4.69, 9.17) is 31.2 Å². The van der Waals surface area contributed by atoms with E-state index in [1.54, 1.807) is 24.3 Å². The molecule has 0 amide bonds. The maximum Gasteiger partial charge on any atom is 0.335 e. The molecule has 2 atom stereocenters. The van der Waals surface area contributed by atoms with Crippen molar-refractivity contribution in [2.75, 3.05) is 7.11 Å². The van der Waals surface area contributed by atoms with Crippen LogP contribution in [0.2, 0.25) is 5.02 Å². The van der Waals surface area contributed by atoms with Crippen molar-refractivity contribution in [2.45, 2.75) is 51.0 Å². The third kappa shape index (κ3) is 4.44. The zero-order valence-electron chi connectivity index (χ0n) is 19.9. The second kappa shape index (κ2) is 9.90. The Bertz CT molecular complexity index is 1310. The monoisotopic (exact) mass is 507 g/mol. The van der Waals surface area contributed by atoms with E-state index in [-0.39, 0.29) is 23.7 Å². The molecule has 186 valence electrons. The fourth-order valence-corrected chi connectivity index (χ4v) is 5.69. The summed E-state index contributed by atoms with van der Waals surface area (Å²) in [7, 11) is 1.51. The van der Waals surface area contributed by atoms with Crippen molar-refractivity contribution in [3.63, 3.8) is 0 Å². The highest BCUT2D eigenvalue weighted by Gasteiger charge is 2.44. The number of halogens is 1. The zero-order chi connectivity index (χ0) is 25.4. The summed E-state index contributed by atoms with van der Waals surface area (Å²) in [6, 6.07) is 9.94. The molecular weight excluding hydrogens is 482 g/mol. The number of carbonyl (C=O) groups is 3. The van der Waals surface area contributed by atoms with E-state index in [0.29, 0.717) is 34.9 Å². The second-order valence-electron chi connectivity index (χ2n) is 9.34. The average molecular weight is 508 g/mol. The molecule has 1 fully saturated rings. The van der Waals surface area contributed by atoms with Crippen LogP contribution in [0.25, 0.3) is 0 Å². The number of carboxylic acid groups (broad SMARTS) is 1. The zero-order valence-corrected chi connectivity index (χ0v) is 20.6. The number of ketones is 2. The SMILES string of the molecule is COc1cc([C@@H]2C3=C(CCCC3=O)N=C3CCCC(=O)C32)cc(Cl)c1OCc1ccc(C(=O)O)cc1. The standard InChI is InChI=1S/C28H26ClNO6/c1-35-23-13-17(12-18(29)27(23)36-14-15-8-10-16(11-9-15)28(33)34)24-25-19(4-2-6-21(25)31)30-20-5-3-7-22(32)26(20)24/h8-13,24-25H,2-7,14H2,1H3,(H,33,34)/t24-,25?/m0/s1. The Hall–Kier alpha value is -3.45.